The van der Waals surface area contributed by atoms with Crippen molar-refractivity contribution in [2.75, 3.05) is 0 Å². The zero-order valence-electron chi connectivity index (χ0n) is 20.1. The summed E-state index contributed by atoms with van der Waals surface area (Å²) in [6, 6.07) is 33.1. The number of hydrogen-bond acceptors (Lipinski definition) is 4. The average molecular weight is 474 g/mol. The third-order valence-electron chi connectivity index (χ3n) is 5.82. The van der Waals surface area contributed by atoms with Gasteiger partial charge in [-0.1, -0.05) is 102 Å². The molecule has 36 heavy (non-hydrogen) atoms. The number of hydrogen-bond donors (Lipinski definition) is 1. The van der Waals surface area contributed by atoms with Crippen LogP contribution in [0.2, 0.25) is 0 Å². The lowest BCUT2D eigenvalue weighted by Gasteiger charge is -2.18. The van der Waals surface area contributed by atoms with Crippen LogP contribution in [0.3, 0.4) is 0 Å². The summed E-state index contributed by atoms with van der Waals surface area (Å²) in [6.45, 7) is 2.04. The number of aryl methyl sites for hydroxylation is 1. The smallest absolute Gasteiger partial charge is 0.330 e. The second kappa shape index (κ2) is 11.8. The van der Waals surface area contributed by atoms with Gasteiger partial charge in [0.25, 0.3) is 0 Å². The Morgan fingerprint density at radius 1 is 0.694 bits per heavy atom. The lowest BCUT2D eigenvalue weighted by atomic mass is 9.91. The highest BCUT2D eigenvalue weighted by Crippen LogP contribution is 2.26. The average Bonchev–Trinajstić information content (AvgIpc) is 2.90. The fraction of sp³-hybridized carbons (Fsp3) is 0.125. The monoisotopic (exact) mass is 473 g/mol. The molecule has 0 aliphatic rings. The highest BCUT2D eigenvalue weighted by molar-refractivity contribution is 5.93. The minimum atomic E-state index is -0.967. The molecular weight excluding hydrogens is 446 g/mol. The highest BCUT2D eigenvalue weighted by atomic mass is 16.6. The van der Waals surface area contributed by atoms with Crippen molar-refractivity contribution >= 4 is 11.9 Å². The van der Waals surface area contributed by atoms with Crippen molar-refractivity contribution in [2.45, 2.75) is 25.3 Å². The Labute approximate surface area is 211 Å². The van der Waals surface area contributed by atoms with Crippen molar-refractivity contribution in [3.05, 3.63) is 143 Å². The summed E-state index contributed by atoms with van der Waals surface area (Å²) in [5, 5.41) is 0. The second-order valence-corrected chi connectivity index (χ2v) is 8.62. The first kappa shape index (κ1) is 24.7. The van der Waals surface area contributed by atoms with Crippen LogP contribution in [0, 0.1) is 18.8 Å². The van der Waals surface area contributed by atoms with Crippen molar-refractivity contribution in [1.82, 2.24) is 0 Å². The van der Waals surface area contributed by atoms with Crippen molar-refractivity contribution < 1.29 is 14.3 Å². The van der Waals surface area contributed by atoms with E-state index >= 15 is 0 Å². The van der Waals surface area contributed by atoms with Gasteiger partial charge in [0.2, 0.25) is 0 Å². The minimum Gasteiger partial charge on any atom is -0.391 e. The van der Waals surface area contributed by atoms with E-state index in [0.717, 1.165) is 27.8 Å². The fourth-order valence-corrected chi connectivity index (χ4v) is 3.83. The molecule has 0 fully saturated rings. The van der Waals surface area contributed by atoms with Gasteiger partial charge < -0.3 is 10.5 Å². The Morgan fingerprint density at radius 2 is 1.17 bits per heavy atom. The Bertz CT molecular complexity index is 1330. The normalized spacial score (nSPS) is 11.3. The molecule has 4 nitrogen and oxygen atoms in total. The summed E-state index contributed by atoms with van der Waals surface area (Å²) in [5.41, 5.74) is 11.5. The number of benzene rings is 4. The SMILES string of the molecule is Cc1ccc(C#Cc2ccc(C[C@@H](N)C(=O)OC(=O)C(c3ccccc3)c3ccccc3)cc2)cc1. The molecule has 2 N–H and O–H groups in total. The molecule has 0 heterocycles. The molecule has 1 atom stereocenters. The summed E-state index contributed by atoms with van der Waals surface area (Å²) < 4.78 is 5.25. The second-order valence-electron chi connectivity index (χ2n) is 8.62. The number of carbonyl (C=O) groups is 2. The topological polar surface area (TPSA) is 69.4 Å². The van der Waals surface area contributed by atoms with Gasteiger partial charge in [0.15, 0.2) is 0 Å². The van der Waals surface area contributed by atoms with E-state index in [1.54, 1.807) is 0 Å². The molecule has 0 radical (unpaired) electrons. The van der Waals surface area contributed by atoms with Gasteiger partial charge in [-0.15, -0.1) is 0 Å². The van der Waals surface area contributed by atoms with Gasteiger partial charge in [-0.3, -0.25) is 4.79 Å². The van der Waals surface area contributed by atoms with Crippen molar-refractivity contribution in [3.8, 4) is 11.8 Å². The van der Waals surface area contributed by atoms with Gasteiger partial charge in [0, 0.05) is 11.1 Å². The van der Waals surface area contributed by atoms with E-state index in [1.807, 2.05) is 116 Å². The molecule has 0 aliphatic heterocycles. The molecule has 0 amide bonds. The van der Waals surface area contributed by atoms with Gasteiger partial charge in [-0.05, 0) is 54.3 Å². The van der Waals surface area contributed by atoms with E-state index in [0.29, 0.717) is 0 Å². The van der Waals surface area contributed by atoms with Gasteiger partial charge in [0.05, 0.1) is 0 Å². The van der Waals surface area contributed by atoms with Gasteiger partial charge in [-0.25, -0.2) is 4.79 Å². The molecule has 4 aromatic rings. The predicted octanol–water partition coefficient (Wildman–Crippen LogP) is 5.17. The molecular formula is C32H27NO3. The molecule has 0 aromatic heterocycles. The van der Waals surface area contributed by atoms with E-state index < -0.39 is 23.9 Å². The Kier molecular flexibility index (Phi) is 8.08. The van der Waals surface area contributed by atoms with Crippen molar-refractivity contribution in [1.29, 1.82) is 0 Å². The molecule has 0 spiro atoms. The number of nitrogens with two attached hydrogens (primary N) is 1. The third kappa shape index (κ3) is 6.56. The fourth-order valence-electron chi connectivity index (χ4n) is 3.83. The molecule has 0 saturated heterocycles. The number of esters is 2. The lowest BCUT2D eigenvalue weighted by molar-refractivity contribution is -0.161. The van der Waals surface area contributed by atoms with Crippen molar-refractivity contribution in [2.24, 2.45) is 5.73 Å². The van der Waals surface area contributed by atoms with Crippen LogP contribution < -0.4 is 5.73 Å². The van der Waals surface area contributed by atoms with Crippen molar-refractivity contribution in [3.63, 3.8) is 0 Å². The van der Waals surface area contributed by atoms with Gasteiger partial charge in [-0.2, -0.15) is 0 Å². The summed E-state index contributed by atoms with van der Waals surface area (Å²) in [7, 11) is 0. The first-order valence-electron chi connectivity index (χ1n) is 11.8. The van der Waals surface area contributed by atoms with Crippen LogP contribution in [0.15, 0.2) is 109 Å². The van der Waals surface area contributed by atoms with Crippen LogP contribution >= 0.6 is 0 Å². The number of rotatable bonds is 6. The van der Waals surface area contributed by atoms with Gasteiger partial charge in [0.1, 0.15) is 12.0 Å². The zero-order chi connectivity index (χ0) is 25.3. The first-order valence-corrected chi connectivity index (χ1v) is 11.8. The molecule has 0 saturated carbocycles. The van der Waals surface area contributed by atoms with Crippen LogP contribution in [0.1, 0.15) is 39.3 Å². The molecule has 4 heteroatoms. The molecule has 0 unspecified atom stereocenters. The zero-order valence-corrected chi connectivity index (χ0v) is 20.1. The van der Waals surface area contributed by atoms with E-state index in [-0.39, 0.29) is 6.42 Å². The van der Waals surface area contributed by atoms with Crippen LogP contribution in [0.25, 0.3) is 0 Å². The van der Waals surface area contributed by atoms with E-state index in [2.05, 4.69) is 11.8 Å². The third-order valence-corrected chi connectivity index (χ3v) is 5.82. The summed E-state index contributed by atoms with van der Waals surface area (Å²) in [5.74, 6) is 4.17. The Balaban J connectivity index is 1.39. The van der Waals surface area contributed by atoms with Crippen LogP contribution in [0.5, 0.6) is 0 Å². The minimum absolute atomic E-state index is 0.249. The molecule has 4 rings (SSSR count). The summed E-state index contributed by atoms with van der Waals surface area (Å²) in [4.78, 5) is 25.7. The maximum Gasteiger partial charge on any atom is 0.330 e. The van der Waals surface area contributed by atoms with E-state index in [9.17, 15) is 9.59 Å². The van der Waals surface area contributed by atoms with Crippen LogP contribution in [-0.2, 0) is 20.7 Å². The lowest BCUT2D eigenvalue weighted by Crippen LogP contribution is -2.36. The quantitative estimate of drug-likeness (QED) is 0.238. The molecule has 178 valence electrons. The largest absolute Gasteiger partial charge is 0.391 e. The molecule has 0 bridgehead atoms. The van der Waals surface area contributed by atoms with Crippen LogP contribution in [0.4, 0.5) is 0 Å². The summed E-state index contributed by atoms with van der Waals surface area (Å²) >= 11 is 0. The predicted molar refractivity (Wildman–Crippen MR) is 141 cm³/mol. The highest BCUT2D eigenvalue weighted by Gasteiger charge is 2.28. The number of ether oxygens (including phenoxy) is 1. The molecule has 4 aromatic carbocycles. The Hall–Kier alpha value is -4.46. The first-order chi connectivity index (χ1) is 17.5. The molecule has 0 aliphatic carbocycles. The van der Waals surface area contributed by atoms with Gasteiger partial charge >= 0.3 is 11.9 Å². The van der Waals surface area contributed by atoms with E-state index in [1.165, 1.54) is 5.56 Å². The summed E-state index contributed by atoms with van der Waals surface area (Å²) in [6.07, 6.45) is 0.249. The standard InChI is InChI=1S/C32H27NO3/c1-23-12-14-24(15-13-23)16-17-25-18-20-26(21-19-25)22-29(33)31(34)36-32(35)30(27-8-4-2-5-9-27)28-10-6-3-7-11-28/h2-15,18-21,29-30H,22,33H2,1H3/t29-/m1/s1. The van der Waals surface area contributed by atoms with Crippen LogP contribution in [-0.4, -0.2) is 18.0 Å². The number of carbonyl (C=O) groups excluding carboxylic acids is 2. The van der Waals surface area contributed by atoms with E-state index in [4.69, 9.17) is 10.5 Å². The Morgan fingerprint density at radius 3 is 1.67 bits per heavy atom. The maximum atomic E-state index is 13.0. The maximum absolute atomic E-state index is 13.0.